The Hall–Kier alpha value is -0.790. The Morgan fingerprint density at radius 3 is 2.27 bits per heavy atom. The predicted molar refractivity (Wildman–Crippen MR) is 59.3 cm³/mol. The number of hydrogen-bond donors (Lipinski definition) is 0. The van der Waals surface area contributed by atoms with Gasteiger partial charge in [0, 0.05) is 0 Å². The molecule has 2 aliphatic rings. The smallest absolute Gasteiger partial charge is 0.312 e. The minimum Gasteiger partial charge on any atom is -0.469 e. The molecule has 0 aromatic carbocycles. The maximum Gasteiger partial charge on any atom is 0.312 e. The van der Waals surface area contributed by atoms with Crippen molar-refractivity contribution >= 4 is 5.97 Å². The van der Waals surface area contributed by atoms with Gasteiger partial charge >= 0.3 is 5.97 Å². The van der Waals surface area contributed by atoms with E-state index in [1.54, 1.807) is 0 Å². The number of methoxy groups -OCH3 is 1. The van der Waals surface area contributed by atoms with Gasteiger partial charge in [0.25, 0.3) is 0 Å². The lowest BCUT2D eigenvalue weighted by Crippen LogP contribution is -2.35. The minimum atomic E-state index is -0.332. The average molecular weight is 208 g/mol. The third kappa shape index (κ3) is 1.03. The number of ether oxygens (including phenoxy) is 1. The Bertz CT molecular complexity index is 342. The molecular weight excluding hydrogens is 188 g/mol. The van der Waals surface area contributed by atoms with E-state index in [9.17, 15) is 4.79 Å². The van der Waals surface area contributed by atoms with E-state index in [-0.39, 0.29) is 22.2 Å². The summed E-state index contributed by atoms with van der Waals surface area (Å²) in [7, 11) is 1.48. The van der Waals surface area contributed by atoms with Crippen molar-refractivity contribution in [3.63, 3.8) is 0 Å². The fourth-order valence-corrected chi connectivity index (χ4v) is 3.72. The van der Waals surface area contributed by atoms with Gasteiger partial charge in [-0.15, -0.1) is 0 Å². The van der Waals surface area contributed by atoms with Crippen molar-refractivity contribution < 1.29 is 9.53 Å². The van der Waals surface area contributed by atoms with E-state index in [1.807, 2.05) is 6.92 Å². The molecule has 15 heavy (non-hydrogen) atoms. The van der Waals surface area contributed by atoms with Crippen LogP contribution in [0.4, 0.5) is 0 Å². The van der Waals surface area contributed by atoms with Crippen LogP contribution in [0.5, 0.6) is 0 Å². The topological polar surface area (TPSA) is 26.3 Å². The van der Waals surface area contributed by atoms with Gasteiger partial charge in [0.15, 0.2) is 0 Å². The molecule has 0 heterocycles. The number of fused-ring (bicyclic) bond motifs is 2. The van der Waals surface area contributed by atoms with E-state index in [4.69, 9.17) is 4.74 Å². The second-order valence-electron chi connectivity index (χ2n) is 6.06. The molecule has 2 nitrogen and oxygen atoms in total. The van der Waals surface area contributed by atoms with Crippen molar-refractivity contribution in [1.29, 1.82) is 0 Å². The van der Waals surface area contributed by atoms with Crippen molar-refractivity contribution in [2.45, 2.75) is 34.1 Å². The second kappa shape index (κ2) is 2.66. The summed E-state index contributed by atoms with van der Waals surface area (Å²) in [4.78, 5) is 11.9. The lowest BCUT2D eigenvalue weighted by Gasteiger charge is -2.34. The second-order valence-corrected chi connectivity index (χ2v) is 6.06. The van der Waals surface area contributed by atoms with Crippen LogP contribution in [0.2, 0.25) is 0 Å². The fourth-order valence-electron chi connectivity index (χ4n) is 3.72. The Morgan fingerprint density at radius 2 is 1.93 bits per heavy atom. The fraction of sp³-hybridized carbons (Fsp3) is 0.769. The Balaban J connectivity index is 2.45. The highest BCUT2D eigenvalue weighted by Gasteiger charge is 2.65. The molecule has 0 amide bonds. The number of hydrogen-bond acceptors (Lipinski definition) is 2. The molecule has 1 saturated carbocycles. The van der Waals surface area contributed by atoms with E-state index >= 15 is 0 Å². The van der Waals surface area contributed by atoms with Gasteiger partial charge in [-0.2, -0.15) is 0 Å². The zero-order valence-electron chi connectivity index (χ0n) is 10.3. The first-order valence-corrected chi connectivity index (χ1v) is 5.56. The Kier molecular flexibility index (Phi) is 1.90. The molecular formula is C13H20O2. The monoisotopic (exact) mass is 208 g/mol. The molecule has 1 fully saturated rings. The van der Waals surface area contributed by atoms with Crippen LogP contribution in [0.3, 0.4) is 0 Å². The minimum absolute atomic E-state index is 0.0614. The van der Waals surface area contributed by atoms with Crippen LogP contribution in [-0.2, 0) is 9.53 Å². The number of esters is 1. The average Bonchev–Trinajstić information content (AvgIpc) is 2.45. The van der Waals surface area contributed by atoms with E-state index in [0.29, 0.717) is 5.92 Å². The van der Waals surface area contributed by atoms with Crippen LogP contribution < -0.4 is 0 Å². The molecule has 84 valence electrons. The summed E-state index contributed by atoms with van der Waals surface area (Å²) in [5.74, 6) is 0.246. The molecule has 0 aliphatic heterocycles. The number of carbonyl (C=O) groups excluding carboxylic acids is 1. The van der Waals surface area contributed by atoms with E-state index in [1.165, 1.54) is 7.11 Å². The highest BCUT2D eigenvalue weighted by atomic mass is 16.5. The van der Waals surface area contributed by atoms with Gasteiger partial charge in [0.05, 0.1) is 12.5 Å². The van der Waals surface area contributed by atoms with Crippen molar-refractivity contribution in [3.8, 4) is 0 Å². The van der Waals surface area contributed by atoms with Gasteiger partial charge in [0.1, 0.15) is 0 Å². The van der Waals surface area contributed by atoms with Crippen molar-refractivity contribution in [2.75, 3.05) is 7.11 Å². The van der Waals surface area contributed by atoms with Gasteiger partial charge in [-0.3, -0.25) is 4.79 Å². The van der Waals surface area contributed by atoms with E-state index in [0.717, 1.165) is 6.42 Å². The van der Waals surface area contributed by atoms with Gasteiger partial charge < -0.3 is 4.74 Å². The molecule has 0 aromatic rings. The first-order valence-electron chi connectivity index (χ1n) is 5.56. The highest BCUT2D eigenvalue weighted by molar-refractivity contribution is 5.78. The number of allylic oxidation sites excluding steroid dienone is 2. The molecule has 2 rings (SSSR count). The molecule has 2 aliphatic carbocycles. The number of rotatable bonds is 1. The molecule has 0 radical (unpaired) electrons. The molecule has 3 atom stereocenters. The van der Waals surface area contributed by atoms with Gasteiger partial charge in [-0.1, -0.05) is 32.9 Å². The summed E-state index contributed by atoms with van der Waals surface area (Å²) in [6, 6.07) is 0. The summed E-state index contributed by atoms with van der Waals surface area (Å²) < 4.78 is 4.96. The highest BCUT2D eigenvalue weighted by Crippen LogP contribution is 2.68. The molecule has 2 heteroatoms. The molecule has 0 spiro atoms. The third-order valence-corrected chi connectivity index (χ3v) is 4.98. The third-order valence-electron chi connectivity index (χ3n) is 4.98. The summed E-state index contributed by atoms with van der Waals surface area (Å²) in [6.45, 7) is 8.80. The van der Waals surface area contributed by atoms with Gasteiger partial charge in [0.2, 0.25) is 0 Å². The zero-order valence-corrected chi connectivity index (χ0v) is 10.3. The van der Waals surface area contributed by atoms with Crippen LogP contribution in [0.25, 0.3) is 0 Å². The van der Waals surface area contributed by atoms with Crippen LogP contribution in [0.1, 0.15) is 34.1 Å². The van der Waals surface area contributed by atoms with E-state index in [2.05, 4.69) is 32.9 Å². The lowest BCUT2D eigenvalue weighted by molar-refractivity contribution is -0.154. The van der Waals surface area contributed by atoms with Crippen molar-refractivity contribution in [3.05, 3.63) is 12.2 Å². The normalized spacial score (nSPS) is 45.8. The van der Waals surface area contributed by atoms with Crippen LogP contribution >= 0.6 is 0 Å². The predicted octanol–water partition coefficient (Wildman–Crippen LogP) is 2.79. The molecule has 0 aromatic heterocycles. The quantitative estimate of drug-likeness (QED) is 0.489. The molecule has 3 unspecified atom stereocenters. The Morgan fingerprint density at radius 1 is 1.33 bits per heavy atom. The van der Waals surface area contributed by atoms with Crippen LogP contribution in [-0.4, -0.2) is 13.1 Å². The molecule has 2 bridgehead atoms. The SMILES string of the molecule is COC(=O)C1(C)CC2(C)C=CC1C2(C)C. The Labute approximate surface area is 91.7 Å². The van der Waals surface area contributed by atoms with Crippen molar-refractivity contribution in [1.82, 2.24) is 0 Å². The molecule has 0 N–H and O–H groups in total. The first kappa shape index (κ1) is 10.7. The summed E-state index contributed by atoms with van der Waals surface area (Å²) in [5.41, 5.74) is -0.0295. The van der Waals surface area contributed by atoms with Gasteiger partial charge in [-0.25, -0.2) is 0 Å². The van der Waals surface area contributed by atoms with Crippen LogP contribution in [0, 0.1) is 22.2 Å². The summed E-state index contributed by atoms with van der Waals surface area (Å²) in [6.07, 6.45) is 5.39. The first-order chi connectivity index (χ1) is 6.78. The van der Waals surface area contributed by atoms with E-state index < -0.39 is 0 Å². The maximum absolute atomic E-state index is 11.9. The number of carbonyl (C=O) groups is 1. The molecule has 0 saturated heterocycles. The van der Waals surface area contributed by atoms with Gasteiger partial charge in [-0.05, 0) is 30.1 Å². The largest absolute Gasteiger partial charge is 0.469 e. The zero-order chi connectivity index (χ0) is 11.5. The maximum atomic E-state index is 11.9. The standard InChI is InChI=1S/C13H20O2/c1-11(2)9-6-7-12(11,3)8-13(9,4)10(14)15-5/h6-7,9H,8H2,1-5H3. The van der Waals surface area contributed by atoms with Crippen LogP contribution in [0.15, 0.2) is 12.2 Å². The van der Waals surface area contributed by atoms with Crippen molar-refractivity contribution in [2.24, 2.45) is 22.2 Å². The summed E-state index contributed by atoms with van der Waals surface area (Å²) >= 11 is 0. The lowest BCUT2D eigenvalue weighted by atomic mass is 9.70. The summed E-state index contributed by atoms with van der Waals surface area (Å²) in [5, 5.41) is 0.